The highest BCUT2D eigenvalue weighted by Crippen LogP contribution is 2.27. The quantitative estimate of drug-likeness (QED) is 0.523. The molecule has 0 spiro atoms. The van der Waals surface area contributed by atoms with Crippen LogP contribution in [-0.2, 0) is 24.1 Å². The summed E-state index contributed by atoms with van der Waals surface area (Å²) in [5.41, 5.74) is -0.797. The number of hydrogen-bond donors (Lipinski definition) is 0. The van der Waals surface area contributed by atoms with Gasteiger partial charge in [0.1, 0.15) is 12.4 Å². The first kappa shape index (κ1) is 19.2. The van der Waals surface area contributed by atoms with Crippen molar-refractivity contribution in [2.24, 2.45) is 0 Å². The van der Waals surface area contributed by atoms with Gasteiger partial charge in [0.15, 0.2) is 5.69 Å². The topological polar surface area (TPSA) is 38.1 Å². The second-order valence-corrected chi connectivity index (χ2v) is 6.11. The molecule has 0 saturated carbocycles. The zero-order valence-corrected chi connectivity index (χ0v) is 14.5. The van der Waals surface area contributed by atoms with E-state index in [1.165, 1.54) is 29.2 Å². The maximum atomic E-state index is 13.9. The highest BCUT2D eigenvalue weighted by atomic mass is 79.9. The van der Waals surface area contributed by atoms with Crippen LogP contribution in [0.1, 0.15) is 11.3 Å². The molecular weight excluding hydrogens is 406 g/mol. The predicted molar refractivity (Wildman–Crippen MR) is 86.9 cm³/mol. The van der Waals surface area contributed by atoms with Crippen LogP contribution in [0, 0.1) is 5.82 Å². The molecule has 1 aromatic heterocycles. The van der Waals surface area contributed by atoms with Crippen LogP contribution in [0.2, 0.25) is 0 Å². The number of rotatable bonds is 6. The van der Waals surface area contributed by atoms with Gasteiger partial charge in [0.2, 0.25) is 5.91 Å². The second kappa shape index (κ2) is 7.81. The van der Waals surface area contributed by atoms with Gasteiger partial charge in [-0.25, -0.2) is 4.39 Å². The van der Waals surface area contributed by atoms with E-state index in [1.807, 2.05) is 0 Å². The number of nitrogens with zero attached hydrogens (tertiary/aromatic N) is 3. The zero-order valence-electron chi connectivity index (χ0n) is 12.9. The Balaban J connectivity index is 2.13. The molecule has 0 unspecified atom stereocenters. The molecule has 1 heterocycles. The van der Waals surface area contributed by atoms with Crippen LogP contribution >= 0.6 is 15.9 Å². The Morgan fingerprint density at radius 3 is 2.68 bits per heavy atom. The summed E-state index contributed by atoms with van der Waals surface area (Å²) < 4.78 is 53.1. The van der Waals surface area contributed by atoms with E-state index in [-0.39, 0.29) is 25.2 Å². The van der Waals surface area contributed by atoms with E-state index in [1.54, 1.807) is 0 Å². The van der Waals surface area contributed by atoms with Crippen molar-refractivity contribution in [3.63, 3.8) is 0 Å². The fourth-order valence-electron chi connectivity index (χ4n) is 2.12. The van der Waals surface area contributed by atoms with Crippen LogP contribution in [0.4, 0.5) is 17.6 Å². The van der Waals surface area contributed by atoms with Crippen LogP contribution in [0.5, 0.6) is 0 Å². The molecule has 1 aromatic carbocycles. The Bertz CT molecular complexity index is 773. The summed E-state index contributed by atoms with van der Waals surface area (Å²) in [5.74, 6) is -0.986. The predicted octanol–water partition coefficient (Wildman–Crippen LogP) is 4.02. The number of amides is 1. The van der Waals surface area contributed by atoms with Gasteiger partial charge in [-0.1, -0.05) is 22.0 Å². The third-order valence-electron chi connectivity index (χ3n) is 3.30. The Morgan fingerprint density at radius 2 is 2.08 bits per heavy atom. The summed E-state index contributed by atoms with van der Waals surface area (Å²) in [4.78, 5) is 13.6. The number of alkyl halides is 3. The molecule has 0 radical (unpaired) electrons. The molecule has 0 N–H and O–H groups in total. The number of carbonyl (C=O) groups is 1. The Hall–Kier alpha value is -2.16. The normalized spacial score (nSPS) is 11.4. The Kier molecular flexibility index (Phi) is 5.99. The van der Waals surface area contributed by atoms with E-state index in [4.69, 9.17) is 0 Å². The molecule has 0 bridgehead atoms. The van der Waals surface area contributed by atoms with Gasteiger partial charge >= 0.3 is 6.18 Å². The largest absolute Gasteiger partial charge is 0.435 e. The average Bonchev–Trinajstić information content (AvgIpc) is 2.99. The molecule has 4 nitrogen and oxygen atoms in total. The van der Waals surface area contributed by atoms with E-state index in [2.05, 4.69) is 27.6 Å². The number of aromatic nitrogens is 2. The van der Waals surface area contributed by atoms with Crippen molar-refractivity contribution in [2.75, 3.05) is 6.54 Å². The molecule has 0 saturated heterocycles. The van der Waals surface area contributed by atoms with Gasteiger partial charge in [-0.2, -0.15) is 18.3 Å². The van der Waals surface area contributed by atoms with E-state index in [0.717, 1.165) is 16.9 Å². The summed E-state index contributed by atoms with van der Waals surface area (Å²) in [6, 6.07) is 5.12. The smallest absolute Gasteiger partial charge is 0.333 e. The molecular formula is C16H14BrF4N3O. The highest BCUT2D eigenvalue weighted by Gasteiger charge is 2.33. The Labute approximate surface area is 149 Å². The number of carbonyl (C=O) groups excluding carboxylic acids is 1. The minimum atomic E-state index is -4.57. The minimum Gasteiger partial charge on any atom is -0.333 e. The molecule has 1 amide bonds. The maximum Gasteiger partial charge on any atom is 0.435 e. The van der Waals surface area contributed by atoms with Crippen LogP contribution < -0.4 is 0 Å². The molecule has 0 fully saturated rings. The fraction of sp³-hybridized carbons (Fsp3) is 0.250. The van der Waals surface area contributed by atoms with Gasteiger partial charge in [0.25, 0.3) is 0 Å². The van der Waals surface area contributed by atoms with E-state index >= 15 is 0 Å². The lowest BCUT2D eigenvalue weighted by Crippen LogP contribution is -2.34. The molecule has 0 aliphatic heterocycles. The van der Waals surface area contributed by atoms with E-state index in [0.29, 0.717) is 4.47 Å². The summed E-state index contributed by atoms with van der Waals surface area (Å²) in [6.07, 6.45) is -2.04. The average molecular weight is 420 g/mol. The summed E-state index contributed by atoms with van der Waals surface area (Å²) in [7, 11) is 0. The summed E-state index contributed by atoms with van der Waals surface area (Å²) in [5, 5.41) is 3.34. The molecule has 25 heavy (non-hydrogen) atoms. The lowest BCUT2D eigenvalue weighted by Gasteiger charge is -2.21. The lowest BCUT2D eigenvalue weighted by atomic mass is 10.2. The third kappa shape index (κ3) is 5.15. The summed E-state index contributed by atoms with van der Waals surface area (Å²) >= 11 is 3.23. The summed E-state index contributed by atoms with van der Waals surface area (Å²) in [6.45, 7) is 3.24. The molecule has 2 rings (SSSR count). The van der Waals surface area contributed by atoms with Crippen molar-refractivity contribution in [3.8, 4) is 0 Å². The van der Waals surface area contributed by atoms with Crippen molar-refractivity contribution in [1.29, 1.82) is 0 Å². The van der Waals surface area contributed by atoms with Crippen LogP contribution in [0.25, 0.3) is 0 Å². The molecule has 9 heteroatoms. The number of hydrogen-bond acceptors (Lipinski definition) is 2. The van der Waals surface area contributed by atoms with E-state index < -0.39 is 23.6 Å². The van der Waals surface area contributed by atoms with Crippen molar-refractivity contribution in [3.05, 3.63) is 64.7 Å². The molecule has 0 aliphatic rings. The molecule has 0 atom stereocenters. The minimum absolute atomic E-state index is 0.0382. The molecule has 2 aromatic rings. The van der Waals surface area contributed by atoms with Crippen LogP contribution in [0.15, 0.2) is 47.6 Å². The number of benzene rings is 1. The van der Waals surface area contributed by atoms with Gasteiger partial charge < -0.3 is 4.90 Å². The second-order valence-electron chi connectivity index (χ2n) is 5.19. The van der Waals surface area contributed by atoms with E-state index in [9.17, 15) is 22.4 Å². The van der Waals surface area contributed by atoms with Crippen molar-refractivity contribution in [1.82, 2.24) is 14.7 Å². The van der Waals surface area contributed by atoms with Crippen LogP contribution in [0.3, 0.4) is 0 Å². The zero-order chi connectivity index (χ0) is 18.6. The van der Waals surface area contributed by atoms with Gasteiger partial charge in [-0.15, -0.1) is 6.58 Å². The van der Waals surface area contributed by atoms with Gasteiger partial charge in [0.05, 0.1) is 0 Å². The van der Waals surface area contributed by atoms with Gasteiger partial charge in [0, 0.05) is 29.3 Å². The SMILES string of the molecule is C=CCN(Cc1cc(Br)ccc1F)C(=O)Cn1ccc(C(F)(F)F)n1. The van der Waals surface area contributed by atoms with Crippen LogP contribution in [-0.4, -0.2) is 27.1 Å². The fourth-order valence-corrected chi connectivity index (χ4v) is 2.53. The Morgan fingerprint density at radius 1 is 1.36 bits per heavy atom. The van der Waals surface area contributed by atoms with Crippen molar-refractivity contribution >= 4 is 21.8 Å². The monoisotopic (exact) mass is 419 g/mol. The first-order valence-electron chi connectivity index (χ1n) is 7.14. The molecule has 0 aliphatic carbocycles. The standard InChI is InChI=1S/C16H14BrF4N3O/c1-2-6-23(9-11-8-12(17)3-4-13(11)18)15(25)10-24-7-5-14(22-24)16(19,20)21/h2-5,7-8H,1,6,9-10H2. The highest BCUT2D eigenvalue weighted by molar-refractivity contribution is 9.10. The van der Waals surface area contributed by atoms with Crippen molar-refractivity contribution in [2.45, 2.75) is 19.3 Å². The lowest BCUT2D eigenvalue weighted by molar-refractivity contribution is -0.142. The molecule has 134 valence electrons. The first-order chi connectivity index (χ1) is 11.7. The third-order valence-corrected chi connectivity index (χ3v) is 3.79. The number of halogens is 5. The van der Waals surface area contributed by atoms with Gasteiger partial charge in [-0.05, 0) is 24.3 Å². The first-order valence-corrected chi connectivity index (χ1v) is 7.93. The van der Waals surface area contributed by atoms with Crippen molar-refractivity contribution < 1.29 is 22.4 Å². The maximum absolute atomic E-state index is 13.9. The van der Waals surface area contributed by atoms with Gasteiger partial charge in [-0.3, -0.25) is 9.48 Å².